The monoisotopic (exact) mass is 270 g/mol. The normalized spacial score (nSPS) is 31.3. The highest BCUT2D eigenvalue weighted by Crippen LogP contribution is 2.16. The van der Waals surface area contributed by atoms with Crippen LogP contribution in [0.25, 0.3) is 0 Å². The molecule has 112 valence electrons. The lowest BCUT2D eigenvalue weighted by atomic mass is 10.0. The third kappa shape index (κ3) is 5.38. The second-order valence-corrected chi connectivity index (χ2v) is 6.10. The molecule has 2 heterocycles. The van der Waals surface area contributed by atoms with Gasteiger partial charge >= 0.3 is 0 Å². The number of ether oxygens (including phenoxy) is 2. The molecule has 2 rings (SSSR count). The van der Waals surface area contributed by atoms with Gasteiger partial charge in [0.05, 0.1) is 19.3 Å². The molecule has 0 saturated carbocycles. The lowest BCUT2D eigenvalue weighted by molar-refractivity contribution is -0.0210. The Labute approximate surface area is 118 Å². The standard InChI is InChI=1S/C15H30N2O2/c1-14-11-17(9-10-19-14)8-7-16-6-4-3-5-15(12-16)13-18-2/h14-15H,3-13H2,1-2H3/t14-,15-/m1/s1. The minimum absolute atomic E-state index is 0.402. The van der Waals surface area contributed by atoms with E-state index in [9.17, 15) is 0 Å². The second kappa shape index (κ2) is 8.20. The number of morpholine rings is 1. The van der Waals surface area contributed by atoms with E-state index in [-0.39, 0.29) is 0 Å². The summed E-state index contributed by atoms with van der Waals surface area (Å²) < 4.78 is 10.9. The molecule has 2 atom stereocenters. The van der Waals surface area contributed by atoms with Crippen LogP contribution in [0, 0.1) is 5.92 Å². The SMILES string of the molecule is COC[C@@H]1CCCCN(CCN2CCO[C@H](C)C2)C1. The molecule has 4 nitrogen and oxygen atoms in total. The number of hydrogen-bond donors (Lipinski definition) is 0. The van der Waals surface area contributed by atoms with Crippen LogP contribution in [0.1, 0.15) is 26.2 Å². The van der Waals surface area contributed by atoms with Crippen molar-refractivity contribution in [3.05, 3.63) is 0 Å². The van der Waals surface area contributed by atoms with Crippen molar-refractivity contribution in [3.63, 3.8) is 0 Å². The molecule has 0 unspecified atom stereocenters. The molecule has 0 N–H and O–H groups in total. The maximum Gasteiger partial charge on any atom is 0.0674 e. The molecule has 0 bridgehead atoms. The Kier molecular flexibility index (Phi) is 6.57. The van der Waals surface area contributed by atoms with Crippen molar-refractivity contribution in [1.82, 2.24) is 9.80 Å². The highest BCUT2D eigenvalue weighted by Gasteiger charge is 2.20. The first-order valence-corrected chi connectivity index (χ1v) is 7.83. The zero-order valence-corrected chi connectivity index (χ0v) is 12.6. The number of nitrogens with zero attached hydrogens (tertiary/aromatic N) is 2. The lowest BCUT2D eigenvalue weighted by Gasteiger charge is -2.33. The zero-order valence-electron chi connectivity index (χ0n) is 12.6. The molecule has 2 fully saturated rings. The van der Waals surface area contributed by atoms with Gasteiger partial charge in [0.2, 0.25) is 0 Å². The van der Waals surface area contributed by atoms with Crippen LogP contribution in [0.2, 0.25) is 0 Å². The number of hydrogen-bond acceptors (Lipinski definition) is 4. The van der Waals surface area contributed by atoms with Gasteiger partial charge in [-0.3, -0.25) is 4.90 Å². The van der Waals surface area contributed by atoms with Gasteiger partial charge in [-0.2, -0.15) is 0 Å². The minimum Gasteiger partial charge on any atom is -0.384 e. The van der Waals surface area contributed by atoms with Crippen molar-refractivity contribution < 1.29 is 9.47 Å². The van der Waals surface area contributed by atoms with E-state index in [2.05, 4.69) is 16.7 Å². The highest BCUT2D eigenvalue weighted by molar-refractivity contribution is 4.74. The molecule has 0 spiro atoms. The molecule has 0 aromatic carbocycles. The highest BCUT2D eigenvalue weighted by atomic mass is 16.5. The first-order valence-electron chi connectivity index (χ1n) is 7.83. The Morgan fingerprint density at radius 3 is 2.63 bits per heavy atom. The van der Waals surface area contributed by atoms with E-state index in [0.717, 1.165) is 32.2 Å². The largest absolute Gasteiger partial charge is 0.384 e. The average molecular weight is 270 g/mol. The van der Waals surface area contributed by atoms with E-state index in [4.69, 9.17) is 9.47 Å². The first kappa shape index (κ1) is 15.2. The Balaban J connectivity index is 1.71. The Hall–Kier alpha value is -0.160. The van der Waals surface area contributed by atoms with E-state index in [1.165, 1.54) is 45.4 Å². The van der Waals surface area contributed by atoms with E-state index in [1.54, 1.807) is 0 Å². The van der Waals surface area contributed by atoms with Crippen molar-refractivity contribution in [1.29, 1.82) is 0 Å². The summed E-state index contributed by atoms with van der Waals surface area (Å²) in [4.78, 5) is 5.18. The van der Waals surface area contributed by atoms with Gasteiger partial charge in [-0.05, 0) is 32.2 Å². The van der Waals surface area contributed by atoms with Crippen LogP contribution in [0.4, 0.5) is 0 Å². The van der Waals surface area contributed by atoms with Gasteiger partial charge in [-0.1, -0.05) is 6.42 Å². The van der Waals surface area contributed by atoms with Crippen LogP contribution in [0.15, 0.2) is 0 Å². The summed E-state index contributed by atoms with van der Waals surface area (Å²) in [5.41, 5.74) is 0. The van der Waals surface area contributed by atoms with E-state index >= 15 is 0 Å². The van der Waals surface area contributed by atoms with Gasteiger partial charge in [-0.25, -0.2) is 0 Å². The summed E-state index contributed by atoms with van der Waals surface area (Å²) in [5, 5.41) is 0. The Bertz CT molecular complexity index is 250. The lowest BCUT2D eigenvalue weighted by Crippen LogP contribution is -2.45. The maximum absolute atomic E-state index is 5.60. The molecule has 0 aliphatic carbocycles. The number of methoxy groups -OCH3 is 1. The molecule has 2 aliphatic rings. The summed E-state index contributed by atoms with van der Waals surface area (Å²) in [7, 11) is 1.82. The molecule has 2 aliphatic heterocycles. The maximum atomic E-state index is 5.60. The van der Waals surface area contributed by atoms with Crippen molar-refractivity contribution in [2.75, 3.05) is 59.6 Å². The van der Waals surface area contributed by atoms with Gasteiger partial charge in [0.1, 0.15) is 0 Å². The molecule has 0 radical (unpaired) electrons. The fourth-order valence-corrected chi connectivity index (χ4v) is 3.27. The van der Waals surface area contributed by atoms with Crippen molar-refractivity contribution >= 4 is 0 Å². The van der Waals surface area contributed by atoms with E-state index in [1.807, 2.05) is 7.11 Å². The van der Waals surface area contributed by atoms with Gasteiger partial charge in [0.25, 0.3) is 0 Å². The molecule has 0 amide bonds. The van der Waals surface area contributed by atoms with Gasteiger partial charge in [0, 0.05) is 39.8 Å². The topological polar surface area (TPSA) is 24.9 Å². The van der Waals surface area contributed by atoms with Crippen LogP contribution in [-0.4, -0.2) is 75.5 Å². The summed E-state index contributed by atoms with van der Waals surface area (Å²) >= 11 is 0. The average Bonchev–Trinajstić information content (AvgIpc) is 2.62. The van der Waals surface area contributed by atoms with Crippen LogP contribution < -0.4 is 0 Å². The first-order chi connectivity index (χ1) is 9.28. The fraction of sp³-hybridized carbons (Fsp3) is 1.00. The van der Waals surface area contributed by atoms with Crippen molar-refractivity contribution in [2.45, 2.75) is 32.3 Å². The van der Waals surface area contributed by atoms with Crippen LogP contribution in [-0.2, 0) is 9.47 Å². The van der Waals surface area contributed by atoms with Crippen LogP contribution in [0.3, 0.4) is 0 Å². The van der Waals surface area contributed by atoms with E-state index in [0.29, 0.717) is 6.10 Å². The second-order valence-electron chi connectivity index (χ2n) is 6.10. The molecular weight excluding hydrogens is 240 g/mol. The van der Waals surface area contributed by atoms with Crippen molar-refractivity contribution in [3.8, 4) is 0 Å². The zero-order chi connectivity index (χ0) is 13.5. The molecule has 0 aromatic heterocycles. The number of likely N-dealkylation sites (tertiary alicyclic amines) is 1. The third-order valence-electron chi connectivity index (χ3n) is 4.31. The quantitative estimate of drug-likeness (QED) is 0.755. The van der Waals surface area contributed by atoms with Gasteiger partial charge in [0.15, 0.2) is 0 Å². The smallest absolute Gasteiger partial charge is 0.0674 e. The van der Waals surface area contributed by atoms with Crippen LogP contribution in [0.5, 0.6) is 0 Å². The summed E-state index contributed by atoms with van der Waals surface area (Å²) in [6, 6.07) is 0. The van der Waals surface area contributed by atoms with Crippen LogP contribution >= 0.6 is 0 Å². The Morgan fingerprint density at radius 2 is 1.89 bits per heavy atom. The minimum atomic E-state index is 0.402. The van der Waals surface area contributed by atoms with Gasteiger partial charge < -0.3 is 14.4 Å². The predicted molar refractivity (Wildman–Crippen MR) is 77.5 cm³/mol. The molecular formula is C15H30N2O2. The number of rotatable bonds is 5. The predicted octanol–water partition coefficient (Wildman–Crippen LogP) is 1.46. The Morgan fingerprint density at radius 1 is 1.11 bits per heavy atom. The molecule has 19 heavy (non-hydrogen) atoms. The summed E-state index contributed by atoms with van der Waals surface area (Å²) in [5.74, 6) is 0.733. The third-order valence-corrected chi connectivity index (χ3v) is 4.31. The van der Waals surface area contributed by atoms with Crippen molar-refractivity contribution in [2.24, 2.45) is 5.92 Å². The van der Waals surface area contributed by atoms with E-state index < -0.39 is 0 Å². The summed E-state index contributed by atoms with van der Waals surface area (Å²) in [6.07, 6.45) is 4.44. The molecule has 2 saturated heterocycles. The molecule has 4 heteroatoms. The molecule has 0 aromatic rings. The fourth-order valence-electron chi connectivity index (χ4n) is 3.27. The summed E-state index contributed by atoms with van der Waals surface area (Å²) in [6.45, 7) is 11.1. The van der Waals surface area contributed by atoms with Gasteiger partial charge in [-0.15, -0.1) is 0 Å².